The van der Waals surface area contributed by atoms with Crippen LogP contribution in [-0.4, -0.2) is 19.2 Å². The third-order valence-electron chi connectivity index (χ3n) is 3.20. The Hall–Kier alpha value is -1.95. The molecule has 120 valence electrons. The molecule has 23 heavy (non-hydrogen) atoms. The van der Waals surface area contributed by atoms with Crippen molar-refractivity contribution < 1.29 is 14.3 Å². The number of benzene rings is 2. The number of carbonyl (C=O) groups excluding carboxylic acids is 1. The van der Waals surface area contributed by atoms with Gasteiger partial charge in [-0.15, -0.1) is 0 Å². The second kappa shape index (κ2) is 7.08. The zero-order chi connectivity index (χ0) is 16.2. The van der Waals surface area contributed by atoms with Gasteiger partial charge in [-0.3, -0.25) is 4.79 Å². The minimum absolute atomic E-state index is 0.165. The average Bonchev–Trinajstić information content (AvgIpc) is 2.93. The first-order valence-electron chi connectivity index (χ1n) is 6.95. The number of hydrogen-bond donors (Lipinski definition) is 2. The van der Waals surface area contributed by atoms with Gasteiger partial charge in [-0.25, -0.2) is 0 Å². The summed E-state index contributed by atoms with van der Waals surface area (Å²) in [5, 5.41) is 6.75. The lowest BCUT2D eigenvalue weighted by Gasteiger charge is -2.08. The van der Waals surface area contributed by atoms with Crippen LogP contribution in [0, 0.1) is 0 Å². The smallest absolute Gasteiger partial charge is 0.238 e. The lowest BCUT2D eigenvalue weighted by atomic mass is 10.2. The molecule has 0 atom stereocenters. The Morgan fingerprint density at radius 2 is 1.78 bits per heavy atom. The van der Waals surface area contributed by atoms with Gasteiger partial charge in [-0.1, -0.05) is 29.3 Å². The summed E-state index contributed by atoms with van der Waals surface area (Å²) in [5.41, 5.74) is 1.57. The van der Waals surface area contributed by atoms with Crippen LogP contribution in [0.1, 0.15) is 5.56 Å². The summed E-state index contributed by atoms with van der Waals surface area (Å²) in [7, 11) is 0. The predicted molar refractivity (Wildman–Crippen MR) is 89.4 cm³/mol. The molecule has 0 saturated heterocycles. The first-order valence-corrected chi connectivity index (χ1v) is 7.71. The fourth-order valence-corrected chi connectivity index (χ4v) is 2.73. The number of carbonyl (C=O) groups is 1. The second-order valence-electron chi connectivity index (χ2n) is 5.00. The number of halogens is 2. The maximum Gasteiger partial charge on any atom is 0.238 e. The van der Waals surface area contributed by atoms with Crippen LogP contribution in [0.15, 0.2) is 36.4 Å². The zero-order valence-electron chi connectivity index (χ0n) is 12.1. The normalized spacial score (nSPS) is 12.3. The highest BCUT2D eigenvalue weighted by atomic mass is 35.5. The van der Waals surface area contributed by atoms with Gasteiger partial charge < -0.3 is 20.1 Å². The molecule has 0 bridgehead atoms. The van der Waals surface area contributed by atoms with Crippen LogP contribution >= 0.6 is 23.2 Å². The molecular formula is C16H14Cl2N2O3. The van der Waals surface area contributed by atoms with Gasteiger partial charge in [-0.2, -0.15) is 0 Å². The number of anilines is 1. The maximum atomic E-state index is 11.9. The zero-order valence-corrected chi connectivity index (χ0v) is 13.6. The Morgan fingerprint density at radius 1 is 1.04 bits per heavy atom. The van der Waals surface area contributed by atoms with E-state index in [0.29, 0.717) is 22.3 Å². The number of hydrogen-bond acceptors (Lipinski definition) is 4. The van der Waals surface area contributed by atoms with Crippen LogP contribution in [0.3, 0.4) is 0 Å². The van der Waals surface area contributed by atoms with Crippen LogP contribution in [0.2, 0.25) is 10.0 Å². The van der Waals surface area contributed by atoms with Crippen molar-refractivity contribution in [2.45, 2.75) is 6.54 Å². The standard InChI is InChI=1S/C16H14Cl2N2O3/c17-11-4-12(18)6-13(5-11)20-16(21)8-19-7-10-1-2-14-15(3-10)23-9-22-14/h1-6,19H,7-9H2,(H,20,21). The molecule has 0 fully saturated rings. The van der Waals surface area contributed by atoms with E-state index in [1.807, 2.05) is 18.2 Å². The Morgan fingerprint density at radius 3 is 2.57 bits per heavy atom. The SMILES string of the molecule is O=C(CNCc1ccc2c(c1)OCO2)Nc1cc(Cl)cc(Cl)c1. The summed E-state index contributed by atoms with van der Waals surface area (Å²) in [4.78, 5) is 11.9. The van der Waals surface area contributed by atoms with Crippen molar-refractivity contribution in [3.05, 3.63) is 52.0 Å². The van der Waals surface area contributed by atoms with Crippen molar-refractivity contribution in [2.75, 3.05) is 18.7 Å². The van der Waals surface area contributed by atoms with Gasteiger partial charge in [0.2, 0.25) is 12.7 Å². The number of amides is 1. The molecule has 0 saturated carbocycles. The van der Waals surface area contributed by atoms with Crippen LogP contribution in [0.5, 0.6) is 11.5 Å². The Bertz CT molecular complexity index is 717. The van der Waals surface area contributed by atoms with Crippen molar-refractivity contribution in [3.63, 3.8) is 0 Å². The molecule has 0 radical (unpaired) electrons. The first kappa shape index (κ1) is 15.9. The summed E-state index contributed by atoms with van der Waals surface area (Å²) in [6.45, 7) is 0.954. The van der Waals surface area contributed by atoms with E-state index in [2.05, 4.69) is 10.6 Å². The highest BCUT2D eigenvalue weighted by Gasteiger charge is 2.13. The molecule has 1 heterocycles. The van der Waals surface area contributed by atoms with Gasteiger partial charge in [0.05, 0.1) is 6.54 Å². The molecule has 0 aliphatic carbocycles. The lowest BCUT2D eigenvalue weighted by molar-refractivity contribution is -0.115. The van der Waals surface area contributed by atoms with Crippen molar-refractivity contribution in [3.8, 4) is 11.5 Å². The molecule has 1 amide bonds. The predicted octanol–water partition coefficient (Wildman–Crippen LogP) is 3.45. The van der Waals surface area contributed by atoms with E-state index in [1.165, 1.54) is 0 Å². The number of nitrogens with one attached hydrogen (secondary N) is 2. The molecule has 0 aromatic heterocycles. The van der Waals surface area contributed by atoms with E-state index in [0.717, 1.165) is 17.1 Å². The summed E-state index contributed by atoms with van der Waals surface area (Å²) in [6.07, 6.45) is 0. The largest absolute Gasteiger partial charge is 0.454 e. The van der Waals surface area contributed by atoms with Crippen molar-refractivity contribution >= 4 is 34.8 Å². The minimum atomic E-state index is -0.177. The Kier molecular flexibility index (Phi) is 4.91. The van der Waals surface area contributed by atoms with E-state index < -0.39 is 0 Å². The molecule has 2 aromatic rings. The maximum absolute atomic E-state index is 11.9. The molecule has 7 heteroatoms. The molecule has 0 unspecified atom stereocenters. The average molecular weight is 353 g/mol. The highest BCUT2D eigenvalue weighted by Crippen LogP contribution is 2.32. The molecule has 3 rings (SSSR count). The van der Waals surface area contributed by atoms with Crippen LogP contribution in [0.4, 0.5) is 5.69 Å². The van der Waals surface area contributed by atoms with E-state index >= 15 is 0 Å². The summed E-state index contributed by atoms with van der Waals surface area (Å²) in [5.74, 6) is 1.29. The molecular weight excluding hydrogens is 339 g/mol. The quantitative estimate of drug-likeness (QED) is 0.865. The van der Waals surface area contributed by atoms with Crippen LogP contribution < -0.4 is 20.1 Å². The van der Waals surface area contributed by atoms with Gasteiger partial charge >= 0.3 is 0 Å². The molecule has 2 aromatic carbocycles. The highest BCUT2D eigenvalue weighted by molar-refractivity contribution is 6.35. The number of fused-ring (bicyclic) bond motifs is 1. The minimum Gasteiger partial charge on any atom is -0.454 e. The van der Waals surface area contributed by atoms with Gasteiger partial charge in [0.25, 0.3) is 0 Å². The fraction of sp³-hybridized carbons (Fsp3) is 0.188. The third-order valence-corrected chi connectivity index (χ3v) is 3.63. The molecule has 2 N–H and O–H groups in total. The summed E-state index contributed by atoms with van der Waals surface area (Å²) < 4.78 is 10.6. The number of rotatable bonds is 5. The monoisotopic (exact) mass is 352 g/mol. The second-order valence-corrected chi connectivity index (χ2v) is 5.87. The van der Waals surface area contributed by atoms with Gasteiger partial charge in [0, 0.05) is 22.3 Å². The van der Waals surface area contributed by atoms with E-state index in [4.69, 9.17) is 32.7 Å². The van der Waals surface area contributed by atoms with Crippen LogP contribution in [-0.2, 0) is 11.3 Å². The van der Waals surface area contributed by atoms with Crippen molar-refractivity contribution in [2.24, 2.45) is 0 Å². The van der Waals surface area contributed by atoms with E-state index in [1.54, 1.807) is 18.2 Å². The van der Waals surface area contributed by atoms with Gasteiger partial charge in [0.15, 0.2) is 11.5 Å². The fourth-order valence-electron chi connectivity index (χ4n) is 2.20. The van der Waals surface area contributed by atoms with E-state index in [9.17, 15) is 4.79 Å². The third kappa shape index (κ3) is 4.28. The van der Waals surface area contributed by atoms with Crippen molar-refractivity contribution in [1.82, 2.24) is 5.32 Å². The Labute approximate surface area is 143 Å². The summed E-state index contributed by atoms with van der Waals surface area (Å²) >= 11 is 11.8. The Balaban J connectivity index is 1.49. The van der Waals surface area contributed by atoms with E-state index in [-0.39, 0.29) is 19.2 Å². The summed E-state index contributed by atoms with van der Waals surface area (Å²) in [6, 6.07) is 10.6. The number of ether oxygens (including phenoxy) is 2. The van der Waals surface area contributed by atoms with Gasteiger partial charge in [-0.05, 0) is 35.9 Å². The lowest BCUT2D eigenvalue weighted by Crippen LogP contribution is -2.27. The topological polar surface area (TPSA) is 59.6 Å². The van der Waals surface area contributed by atoms with Crippen LogP contribution in [0.25, 0.3) is 0 Å². The molecule has 5 nitrogen and oxygen atoms in total. The molecule has 1 aliphatic heterocycles. The van der Waals surface area contributed by atoms with Gasteiger partial charge in [0.1, 0.15) is 0 Å². The molecule has 0 spiro atoms. The van der Waals surface area contributed by atoms with Crippen molar-refractivity contribution in [1.29, 1.82) is 0 Å². The first-order chi connectivity index (χ1) is 11.1. The molecule has 1 aliphatic rings.